The second kappa shape index (κ2) is 8.05. The number of carbonyl (C=O) groups is 1. The SMILES string of the molecule is CC(COc1ccccc1C=O)CN1CCCCCC1. The first-order valence-electron chi connectivity index (χ1n) is 7.69. The molecule has 1 unspecified atom stereocenters. The largest absolute Gasteiger partial charge is 0.493 e. The van der Waals surface area contributed by atoms with Gasteiger partial charge in [0.25, 0.3) is 0 Å². The molecule has 0 radical (unpaired) electrons. The van der Waals surface area contributed by atoms with Crippen molar-refractivity contribution in [2.24, 2.45) is 5.92 Å². The normalized spacial score (nSPS) is 18.2. The maximum absolute atomic E-state index is 10.9. The van der Waals surface area contributed by atoms with E-state index in [1.165, 1.54) is 38.8 Å². The van der Waals surface area contributed by atoms with Crippen LogP contribution in [-0.2, 0) is 0 Å². The van der Waals surface area contributed by atoms with E-state index >= 15 is 0 Å². The predicted molar refractivity (Wildman–Crippen MR) is 81.4 cm³/mol. The minimum absolute atomic E-state index is 0.479. The molecular formula is C17H25NO2. The lowest BCUT2D eigenvalue weighted by molar-refractivity contribution is 0.111. The Labute approximate surface area is 121 Å². The fourth-order valence-corrected chi connectivity index (χ4v) is 2.75. The Bertz CT molecular complexity index is 411. The average molecular weight is 275 g/mol. The van der Waals surface area contributed by atoms with Crippen LogP contribution in [0.1, 0.15) is 43.0 Å². The summed E-state index contributed by atoms with van der Waals surface area (Å²) in [6, 6.07) is 7.42. The zero-order valence-electron chi connectivity index (χ0n) is 12.4. The minimum Gasteiger partial charge on any atom is -0.493 e. The van der Waals surface area contributed by atoms with E-state index in [4.69, 9.17) is 4.74 Å². The molecule has 1 saturated heterocycles. The molecule has 20 heavy (non-hydrogen) atoms. The Hall–Kier alpha value is -1.35. The number of para-hydroxylation sites is 1. The van der Waals surface area contributed by atoms with E-state index in [2.05, 4.69) is 11.8 Å². The summed E-state index contributed by atoms with van der Waals surface area (Å²) in [5.74, 6) is 1.18. The van der Waals surface area contributed by atoms with Crippen molar-refractivity contribution in [1.29, 1.82) is 0 Å². The van der Waals surface area contributed by atoms with Gasteiger partial charge in [0.15, 0.2) is 6.29 Å². The van der Waals surface area contributed by atoms with E-state index in [0.29, 0.717) is 23.8 Å². The molecule has 0 N–H and O–H groups in total. The molecule has 1 fully saturated rings. The lowest BCUT2D eigenvalue weighted by Gasteiger charge is -2.24. The Kier molecular flexibility index (Phi) is 6.06. The van der Waals surface area contributed by atoms with Crippen LogP contribution in [0.4, 0.5) is 0 Å². The first-order valence-corrected chi connectivity index (χ1v) is 7.69. The highest BCUT2D eigenvalue weighted by molar-refractivity contribution is 5.79. The first kappa shape index (κ1) is 15.0. The average Bonchev–Trinajstić information content (AvgIpc) is 2.74. The summed E-state index contributed by atoms with van der Waals surface area (Å²) < 4.78 is 5.80. The highest BCUT2D eigenvalue weighted by atomic mass is 16.5. The van der Waals surface area contributed by atoms with Crippen LogP contribution in [0.25, 0.3) is 0 Å². The maximum atomic E-state index is 10.9. The Morgan fingerprint density at radius 3 is 2.60 bits per heavy atom. The van der Waals surface area contributed by atoms with Crippen LogP contribution in [0.15, 0.2) is 24.3 Å². The van der Waals surface area contributed by atoms with Crippen molar-refractivity contribution in [3.63, 3.8) is 0 Å². The summed E-state index contributed by atoms with van der Waals surface area (Å²) in [6.07, 6.45) is 6.24. The maximum Gasteiger partial charge on any atom is 0.153 e. The lowest BCUT2D eigenvalue weighted by Crippen LogP contribution is -2.31. The van der Waals surface area contributed by atoms with Gasteiger partial charge in [-0.15, -0.1) is 0 Å². The van der Waals surface area contributed by atoms with Gasteiger partial charge in [-0.1, -0.05) is 31.9 Å². The molecule has 0 amide bonds. The van der Waals surface area contributed by atoms with E-state index in [9.17, 15) is 4.79 Å². The molecule has 0 bridgehead atoms. The molecule has 0 aliphatic carbocycles. The molecule has 0 spiro atoms. The molecule has 1 atom stereocenters. The Morgan fingerprint density at radius 1 is 1.20 bits per heavy atom. The van der Waals surface area contributed by atoms with Crippen LogP contribution in [0.3, 0.4) is 0 Å². The van der Waals surface area contributed by atoms with Gasteiger partial charge in [0.05, 0.1) is 12.2 Å². The third-order valence-corrected chi connectivity index (χ3v) is 3.84. The van der Waals surface area contributed by atoms with Crippen LogP contribution >= 0.6 is 0 Å². The highest BCUT2D eigenvalue weighted by Crippen LogP contribution is 2.17. The number of rotatable bonds is 6. The second-order valence-electron chi connectivity index (χ2n) is 5.79. The van der Waals surface area contributed by atoms with Gasteiger partial charge in [-0.2, -0.15) is 0 Å². The van der Waals surface area contributed by atoms with Crippen molar-refractivity contribution in [2.75, 3.05) is 26.2 Å². The molecule has 0 aromatic heterocycles. The van der Waals surface area contributed by atoms with Crippen molar-refractivity contribution in [1.82, 2.24) is 4.90 Å². The number of ether oxygens (including phenoxy) is 1. The predicted octanol–water partition coefficient (Wildman–Crippen LogP) is 3.39. The van der Waals surface area contributed by atoms with Crippen molar-refractivity contribution >= 4 is 6.29 Å². The summed E-state index contributed by atoms with van der Waals surface area (Å²) in [4.78, 5) is 13.5. The molecular weight excluding hydrogens is 250 g/mol. The number of likely N-dealkylation sites (tertiary alicyclic amines) is 1. The lowest BCUT2D eigenvalue weighted by atomic mass is 10.1. The quantitative estimate of drug-likeness (QED) is 0.745. The Morgan fingerprint density at radius 2 is 1.90 bits per heavy atom. The minimum atomic E-state index is 0.479. The molecule has 2 rings (SSSR count). The molecule has 3 heteroatoms. The van der Waals surface area contributed by atoms with Crippen LogP contribution in [0.5, 0.6) is 5.75 Å². The molecule has 1 aliphatic rings. The first-order chi connectivity index (χ1) is 9.79. The smallest absolute Gasteiger partial charge is 0.153 e. The zero-order chi connectivity index (χ0) is 14.2. The number of hydrogen-bond acceptors (Lipinski definition) is 3. The highest BCUT2D eigenvalue weighted by Gasteiger charge is 2.13. The molecule has 1 heterocycles. The Balaban J connectivity index is 1.79. The second-order valence-corrected chi connectivity index (χ2v) is 5.79. The topological polar surface area (TPSA) is 29.5 Å². The summed E-state index contributed by atoms with van der Waals surface area (Å²) in [5, 5.41) is 0. The van der Waals surface area contributed by atoms with Crippen molar-refractivity contribution in [3.8, 4) is 5.75 Å². The van der Waals surface area contributed by atoms with E-state index in [-0.39, 0.29) is 0 Å². The van der Waals surface area contributed by atoms with Gasteiger partial charge >= 0.3 is 0 Å². The van der Waals surface area contributed by atoms with Crippen molar-refractivity contribution in [3.05, 3.63) is 29.8 Å². The summed E-state index contributed by atoms with van der Waals surface area (Å²) >= 11 is 0. The van der Waals surface area contributed by atoms with Crippen LogP contribution in [0, 0.1) is 5.92 Å². The van der Waals surface area contributed by atoms with Gasteiger partial charge in [0, 0.05) is 12.5 Å². The van der Waals surface area contributed by atoms with Gasteiger partial charge in [-0.25, -0.2) is 0 Å². The zero-order valence-corrected chi connectivity index (χ0v) is 12.4. The standard InChI is InChI=1S/C17H25NO2/c1-15(12-18-10-6-2-3-7-11-18)14-20-17-9-5-4-8-16(17)13-19/h4-5,8-9,13,15H,2-3,6-7,10-12,14H2,1H3. The van der Waals surface area contributed by atoms with Crippen molar-refractivity contribution in [2.45, 2.75) is 32.6 Å². The van der Waals surface area contributed by atoms with E-state index in [1.54, 1.807) is 6.07 Å². The number of hydrogen-bond donors (Lipinski definition) is 0. The molecule has 1 aromatic rings. The molecule has 0 saturated carbocycles. The van der Waals surface area contributed by atoms with Gasteiger partial charge in [-0.3, -0.25) is 4.79 Å². The number of nitrogens with zero attached hydrogens (tertiary/aromatic N) is 1. The van der Waals surface area contributed by atoms with Crippen molar-refractivity contribution < 1.29 is 9.53 Å². The fourth-order valence-electron chi connectivity index (χ4n) is 2.75. The number of aldehydes is 1. The van der Waals surface area contributed by atoms with Gasteiger partial charge in [0.1, 0.15) is 5.75 Å². The van der Waals surface area contributed by atoms with Crippen LogP contribution in [-0.4, -0.2) is 37.4 Å². The molecule has 1 aliphatic heterocycles. The van der Waals surface area contributed by atoms with Crippen LogP contribution < -0.4 is 4.74 Å². The van der Waals surface area contributed by atoms with E-state index < -0.39 is 0 Å². The molecule has 3 nitrogen and oxygen atoms in total. The third kappa shape index (κ3) is 4.64. The van der Waals surface area contributed by atoms with E-state index in [0.717, 1.165) is 12.8 Å². The number of carbonyl (C=O) groups excluding carboxylic acids is 1. The summed E-state index contributed by atoms with van der Waals surface area (Å²) in [7, 11) is 0. The van der Waals surface area contributed by atoms with E-state index in [1.807, 2.05) is 18.2 Å². The molecule has 110 valence electrons. The summed E-state index contributed by atoms with van der Waals surface area (Å²) in [5.41, 5.74) is 0.634. The van der Waals surface area contributed by atoms with Gasteiger partial charge < -0.3 is 9.64 Å². The monoisotopic (exact) mass is 275 g/mol. The van der Waals surface area contributed by atoms with Gasteiger partial charge in [-0.05, 0) is 38.1 Å². The third-order valence-electron chi connectivity index (χ3n) is 3.84. The van der Waals surface area contributed by atoms with Crippen LogP contribution in [0.2, 0.25) is 0 Å². The fraction of sp³-hybridized carbons (Fsp3) is 0.588. The number of benzene rings is 1. The molecule has 1 aromatic carbocycles. The summed E-state index contributed by atoms with van der Waals surface area (Å²) in [6.45, 7) is 6.41. The van der Waals surface area contributed by atoms with Gasteiger partial charge in [0.2, 0.25) is 0 Å².